The third-order valence-corrected chi connectivity index (χ3v) is 5.32. The van der Waals surface area contributed by atoms with Gasteiger partial charge in [-0.2, -0.15) is 4.31 Å². The fraction of sp³-hybridized carbons (Fsp3) is 0.667. The van der Waals surface area contributed by atoms with E-state index in [0.717, 1.165) is 12.8 Å². The van der Waals surface area contributed by atoms with Crippen LogP contribution in [-0.2, 0) is 16.6 Å². The van der Waals surface area contributed by atoms with Crippen molar-refractivity contribution in [1.29, 1.82) is 0 Å². The molecule has 1 aromatic rings. The number of furan rings is 1. The number of rotatable bonds is 3. The van der Waals surface area contributed by atoms with Gasteiger partial charge in [-0.1, -0.05) is 6.92 Å². The number of aliphatic hydroxyl groups excluding tert-OH is 1. The quantitative estimate of drug-likeness (QED) is 0.907. The number of hydrogen-bond donors (Lipinski definition) is 1. The Morgan fingerprint density at radius 1 is 1.44 bits per heavy atom. The Kier molecular flexibility index (Phi) is 3.79. The van der Waals surface area contributed by atoms with Crippen LogP contribution in [0.5, 0.6) is 0 Å². The Morgan fingerprint density at radius 3 is 2.72 bits per heavy atom. The van der Waals surface area contributed by atoms with Crippen LogP contribution >= 0.6 is 0 Å². The number of hydrogen-bond acceptors (Lipinski definition) is 4. The summed E-state index contributed by atoms with van der Waals surface area (Å²) in [6, 6.07) is 2.89. The molecule has 1 aliphatic rings. The van der Waals surface area contributed by atoms with E-state index in [-0.39, 0.29) is 23.5 Å². The third-order valence-electron chi connectivity index (χ3n) is 3.43. The third kappa shape index (κ3) is 2.46. The summed E-state index contributed by atoms with van der Waals surface area (Å²) in [6.07, 6.45) is 1.74. The lowest BCUT2D eigenvalue weighted by molar-refractivity contribution is 0.210. The SMILES string of the molecule is CC1CCN(S(=O)(=O)c2ccc(CO)o2)C(C)C1. The van der Waals surface area contributed by atoms with Crippen molar-refractivity contribution in [1.82, 2.24) is 4.31 Å². The van der Waals surface area contributed by atoms with Crippen LogP contribution in [0.25, 0.3) is 0 Å². The second-order valence-electron chi connectivity index (χ2n) is 4.97. The largest absolute Gasteiger partial charge is 0.446 e. The highest BCUT2D eigenvalue weighted by atomic mass is 32.2. The van der Waals surface area contributed by atoms with Gasteiger partial charge in [-0.15, -0.1) is 0 Å². The van der Waals surface area contributed by atoms with E-state index in [9.17, 15) is 8.42 Å². The van der Waals surface area contributed by atoms with Gasteiger partial charge in [0.05, 0.1) is 0 Å². The molecule has 1 saturated heterocycles. The van der Waals surface area contributed by atoms with E-state index < -0.39 is 10.0 Å². The zero-order valence-electron chi connectivity index (χ0n) is 10.7. The standard InChI is InChI=1S/C12H19NO4S/c1-9-5-6-13(10(2)7-9)18(15,16)12-4-3-11(8-14)17-12/h3-4,9-10,14H,5-8H2,1-2H3. The Morgan fingerprint density at radius 2 is 2.17 bits per heavy atom. The summed E-state index contributed by atoms with van der Waals surface area (Å²) in [5.74, 6) is 0.822. The maximum atomic E-state index is 12.4. The Balaban J connectivity index is 2.25. The average molecular weight is 273 g/mol. The van der Waals surface area contributed by atoms with E-state index in [1.165, 1.54) is 16.4 Å². The molecule has 1 N–H and O–H groups in total. The van der Waals surface area contributed by atoms with Crippen molar-refractivity contribution in [3.8, 4) is 0 Å². The van der Waals surface area contributed by atoms with Crippen LogP contribution in [0.1, 0.15) is 32.4 Å². The molecule has 0 radical (unpaired) electrons. The molecule has 1 aromatic heterocycles. The lowest BCUT2D eigenvalue weighted by atomic mass is 9.95. The van der Waals surface area contributed by atoms with Gasteiger partial charge in [-0.25, -0.2) is 8.42 Å². The van der Waals surface area contributed by atoms with Gasteiger partial charge in [-0.3, -0.25) is 0 Å². The predicted octanol–water partition coefficient (Wildman–Crippen LogP) is 1.58. The van der Waals surface area contributed by atoms with Crippen molar-refractivity contribution in [3.63, 3.8) is 0 Å². The van der Waals surface area contributed by atoms with Crippen molar-refractivity contribution in [2.24, 2.45) is 5.92 Å². The molecule has 0 bridgehead atoms. The zero-order valence-corrected chi connectivity index (χ0v) is 11.5. The average Bonchev–Trinajstić information content (AvgIpc) is 2.77. The van der Waals surface area contributed by atoms with E-state index >= 15 is 0 Å². The first kappa shape index (κ1) is 13.6. The minimum Gasteiger partial charge on any atom is -0.446 e. The molecule has 2 unspecified atom stereocenters. The molecule has 5 nitrogen and oxygen atoms in total. The molecular formula is C12H19NO4S. The molecule has 0 aliphatic carbocycles. The minimum atomic E-state index is -3.57. The highest BCUT2D eigenvalue weighted by Gasteiger charge is 2.35. The summed E-state index contributed by atoms with van der Waals surface area (Å²) >= 11 is 0. The molecule has 0 aromatic carbocycles. The zero-order chi connectivity index (χ0) is 13.3. The van der Waals surface area contributed by atoms with Crippen LogP contribution in [0.2, 0.25) is 0 Å². The van der Waals surface area contributed by atoms with Gasteiger partial charge in [-0.05, 0) is 37.8 Å². The van der Waals surface area contributed by atoms with Gasteiger partial charge in [0.1, 0.15) is 12.4 Å². The highest BCUT2D eigenvalue weighted by molar-refractivity contribution is 7.89. The summed E-state index contributed by atoms with van der Waals surface area (Å²) in [5.41, 5.74) is 0. The molecule has 6 heteroatoms. The second-order valence-corrected chi connectivity index (χ2v) is 6.79. The molecule has 2 rings (SSSR count). The topological polar surface area (TPSA) is 70.8 Å². The van der Waals surface area contributed by atoms with E-state index in [0.29, 0.717) is 12.5 Å². The van der Waals surface area contributed by atoms with Gasteiger partial charge in [0.15, 0.2) is 0 Å². The Bertz CT molecular complexity index is 508. The van der Waals surface area contributed by atoms with E-state index in [2.05, 4.69) is 6.92 Å². The molecule has 0 spiro atoms. The molecule has 102 valence electrons. The first-order chi connectivity index (χ1) is 8.45. The predicted molar refractivity (Wildman–Crippen MR) is 66.4 cm³/mol. The molecule has 1 fully saturated rings. The molecule has 2 atom stereocenters. The van der Waals surface area contributed by atoms with E-state index in [1.54, 1.807) is 0 Å². The summed E-state index contributed by atoms with van der Waals surface area (Å²) in [4.78, 5) is 0. The molecule has 0 saturated carbocycles. The maximum Gasteiger partial charge on any atom is 0.276 e. The maximum absolute atomic E-state index is 12.4. The summed E-state index contributed by atoms with van der Waals surface area (Å²) in [6.45, 7) is 4.29. The lowest BCUT2D eigenvalue weighted by Crippen LogP contribution is -2.43. The summed E-state index contributed by atoms with van der Waals surface area (Å²) in [5, 5.41) is 8.84. The van der Waals surface area contributed by atoms with Crippen LogP contribution < -0.4 is 0 Å². The van der Waals surface area contributed by atoms with E-state index in [1.807, 2.05) is 6.92 Å². The Labute approximate surface area is 107 Å². The Hall–Kier alpha value is -0.850. The van der Waals surface area contributed by atoms with Gasteiger partial charge in [0.2, 0.25) is 5.09 Å². The van der Waals surface area contributed by atoms with Gasteiger partial charge in [0.25, 0.3) is 10.0 Å². The first-order valence-electron chi connectivity index (χ1n) is 6.16. The number of nitrogens with zero attached hydrogens (tertiary/aromatic N) is 1. The molecule has 18 heavy (non-hydrogen) atoms. The normalized spacial score (nSPS) is 26.4. The number of aliphatic hydroxyl groups is 1. The molecule has 2 heterocycles. The molecule has 1 aliphatic heterocycles. The van der Waals surface area contributed by atoms with Crippen LogP contribution in [0.3, 0.4) is 0 Å². The minimum absolute atomic E-state index is 0.0126. The van der Waals surface area contributed by atoms with Gasteiger partial charge >= 0.3 is 0 Å². The monoisotopic (exact) mass is 273 g/mol. The molecular weight excluding hydrogens is 254 g/mol. The van der Waals surface area contributed by atoms with Crippen LogP contribution in [0.4, 0.5) is 0 Å². The van der Waals surface area contributed by atoms with Crippen LogP contribution in [0, 0.1) is 5.92 Å². The first-order valence-corrected chi connectivity index (χ1v) is 7.60. The number of sulfonamides is 1. The lowest BCUT2D eigenvalue weighted by Gasteiger charge is -2.34. The summed E-state index contributed by atoms with van der Waals surface area (Å²) in [7, 11) is -3.57. The van der Waals surface area contributed by atoms with Crippen molar-refractivity contribution >= 4 is 10.0 Å². The van der Waals surface area contributed by atoms with Gasteiger partial charge < -0.3 is 9.52 Å². The van der Waals surface area contributed by atoms with Crippen molar-refractivity contribution < 1.29 is 17.9 Å². The number of piperidine rings is 1. The van der Waals surface area contributed by atoms with Crippen molar-refractivity contribution in [2.45, 2.75) is 44.4 Å². The second kappa shape index (κ2) is 5.03. The van der Waals surface area contributed by atoms with E-state index in [4.69, 9.17) is 9.52 Å². The van der Waals surface area contributed by atoms with Crippen molar-refractivity contribution in [3.05, 3.63) is 17.9 Å². The van der Waals surface area contributed by atoms with Gasteiger partial charge in [0, 0.05) is 12.6 Å². The smallest absolute Gasteiger partial charge is 0.276 e. The highest BCUT2D eigenvalue weighted by Crippen LogP contribution is 2.28. The fourth-order valence-corrected chi connectivity index (χ4v) is 4.03. The molecule has 0 amide bonds. The fourth-order valence-electron chi connectivity index (χ4n) is 2.44. The van der Waals surface area contributed by atoms with Crippen LogP contribution in [-0.4, -0.2) is 30.4 Å². The van der Waals surface area contributed by atoms with Crippen molar-refractivity contribution in [2.75, 3.05) is 6.54 Å². The van der Waals surface area contributed by atoms with Crippen LogP contribution in [0.15, 0.2) is 21.6 Å². The summed E-state index contributed by atoms with van der Waals surface area (Å²) < 4.78 is 31.4.